The molecule has 1 N–H and O–H groups in total. The number of hydrogen-bond acceptors (Lipinski definition) is 4. The lowest BCUT2D eigenvalue weighted by molar-refractivity contribution is -0.136. The highest BCUT2D eigenvalue weighted by molar-refractivity contribution is 5.97. The Hall–Kier alpha value is -1.59. The van der Waals surface area contributed by atoms with E-state index in [0.717, 1.165) is 24.4 Å². The van der Waals surface area contributed by atoms with Crippen LogP contribution in [0.4, 0.5) is 5.69 Å². The van der Waals surface area contributed by atoms with E-state index in [-0.39, 0.29) is 5.91 Å². The molecule has 1 amide bonds. The Labute approximate surface area is 151 Å². The van der Waals surface area contributed by atoms with Crippen LogP contribution in [-0.4, -0.2) is 49.8 Å². The van der Waals surface area contributed by atoms with Crippen LogP contribution in [0.3, 0.4) is 0 Å². The van der Waals surface area contributed by atoms with E-state index in [9.17, 15) is 4.79 Å². The van der Waals surface area contributed by atoms with E-state index in [1.54, 1.807) is 7.11 Å². The van der Waals surface area contributed by atoms with Crippen molar-refractivity contribution in [2.75, 3.05) is 38.7 Å². The Morgan fingerprint density at radius 3 is 2.48 bits per heavy atom. The van der Waals surface area contributed by atoms with Gasteiger partial charge in [0.25, 0.3) is 5.91 Å². The zero-order valence-electron chi connectivity index (χ0n) is 15.8. The Morgan fingerprint density at radius 1 is 1.20 bits per heavy atom. The van der Waals surface area contributed by atoms with Crippen LogP contribution in [0.15, 0.2) is 24.3 Å². The van der Waals surface area contributed by atoms with Gasteiger partial charge in [0.15, 0.2) is 0 Å². The Kier molecular flexibility index (Phi) is 7.72. The fraction of sp³-hybridized carbons (Fsp3) is 0.650. The van der Waals surface area contributed by atoms with Gasteiger partial charge < -0.3 is 14.8 Å². The van der Waals surface area contributed by atoms with Crippen LogP contribution in [-0.2, 0) is 9.53 Å². The lowest BCUT2D eigenvalue weighted by Gasteiger charge is -2.26. The Morgan fingerprint density at radius 2 is 1.88 bits per heavy atom. The molecular weight excluding hydrogens is 316 g/mol. The van der Waals surface area contributed by atoms with Crippen LogP contribution in [0.25, 0.3) is 0 Å². The third-order valence-electron chi connectivity index (χ3n) is 4.90. The summed E-state index contributed by atoms with van der Waals surface area (Å²) in [5.41, 5.74) is -0.0361. The van der Waals surface area contributed by atoms with Crippen molar-refractivity contribution < 1.29 is 14.3 Å². The quantitative estimate of drug-likeness (QED) is 0.739. The smallest absolute Gasteiger partial charge is 0.256 e. The molecule has 1 heterocycles. The van der Waals surface area contributed by atoms with Gasteiger partial charge in [-0.25, -0.2) is 0 Å². The molecule has 1 aliphatic heterocycles. The Balaban J connectivity index is 1.79. The number of rotatable bonds is 9. The first-order valence-electron chi connectivity index (χ1n) is 9.39. The average molecular weight is 348 g/mol. The predicted molar refractivity (Wildman–Crippen MR) is 101 cm³/mol. The van der Waals surface area contributed by atoms with Crippen molar-refractivity contribution in [3.8, 4) is 5.75 Å². The molecule has 25 heavy (non-hydrogen) atoms. The third kappa shape index (κ3) is 6.01. The maximum Gasteiger partial charge on any atom is 0.256 e. The maximum atomic E-state index is 12.4. The first-order chi connectivity index (χ1) is 12.1. The van der Waals surface area contributed by atoms with Crippen LogP contribution in [0.1, 0.15) is 46.0 Å². The molecule has 1 fully saturated rings. The van der Waals surface area contributed by atoms with Crippen molar-refractivity contribution in [2.24, 2.45) is 0 Å². The summed E-state index contributed by atoms with van der Waals surface area (Å²) in [6.45, 7) is 7.91. The molecular formula is C20H32N2O3. The molecule has 1 aromatic carbocycles. The first-order valence-corrected chi connectivity index (χ1v) is 9.39. The van der Waals surface area contributed by atoms with Crippen molar-refractivity contribution in [3.63, 3.8) is 0 Å². The van der Waals surface area contributed by atoms with Gasteiger partial charge in [-0.2, -0.15) is 0 Å². The van der Waals surface area contributed by atoms with Crippen molar-refractivity contribution in [3.05, 3.63) is 24.3 Å². The van der Waals surface area contributed by atoms with E-state index in [4.69, 9.17) is 9.47 Å². The van der Waals surface area contributed by atoms with E-state index in [2.05, 4.69) is 10.2 Å². The normalized spacial score (nSPS) is 17.7. The monoisotopic (exact) mass is 348 g/mol. The summed E-state index contributed by atoms with van der Waals surface area (Å²) in [5, 5.41) is 2.93. The van der Waals surface area contributed by atoms with Gasteiger partial charge in [-0.3, -0.25) is 9.69 Å². The van der Waals surface area contributed by atoms with E-state index >= 15 is 0 Å². The van der Waals surface area contributed by atoms with Gasteiger partial charge in [-0.05, 0) is 63.5 Å². The lowest BCUT2D eigenvalue weighted by atomic mass is 9.99. The number of carbonyl (C=O) groups is 1. The van der Waals surface area contributed by atoms with Gasteiger partial charge in [0.1, 0.15) is 18.0 Å². The van der Waals surface area contributed by atoms with Crippen molar-refractivity contribution in [2.45, 2.75) is 51.6 Å². The second-order valence-corrected chi connectivity index (χ2v) is 6.91. The third-order valence-corrected chi connectivity index (χ3v) is 4.90. The Bertz CT molecular complexity index is 526. The summed E-state index contributed by atoms with van der Waals surface area (Å²) in [6, 6.07) is 7.54. The molecule has 1 saturated heterocycles. The van der Waals surface area contributed by atoms with Gasteiger partial charge in [0, 0.05) is 19.3 Å². The van der Waals surface area contributed by atoms with Gasteiger partial charge in [0.05, 0.1) is 0 Å². The lowest BCUT2D eigenvalue weighted by Crippen LogP contribution is -2.41. The zero-order chi connectivity index (χ0) is 18.1. The number of hydrogen-bond donors (Lipinski definition) is 1. The van der Waals surface area contributed by atoms with Crippen molar-refractivity contribution in [1.29, 1.82) is 0 Å². The van der Waals surface area contributed by atoms with Gasteiger partial charge in [-0.1, -0.05) is 19.8 Å². The molecule has 0 aromatic heterocycles. The molecule has 0 aliphatic carbocycles. The summed E-state index contributed by atoms with van der Waals surface area (Å²) in [5.74, 6) is 0.716. The van der Waals surface area contributed by atoms with Gasteiger partial charge in [-0.15, -0.1) is 0 Å². The van der Waals surface area contributed by atoms with E-state index in [1.807, 2.05) is 38.1 Å². The number of likely N-dealkylation sites (tertiary alicyclic amines) is 1. The zero-order valence-corrected chi connectivity index (χ0v) is 15.8. The molecule has 1 atom stereocenters. The number of carbonyl (C=O) groups excluding carboxylic acids is 1. The summed E-state index contributed by atoms with van der Waals surface area (Å²) in [7, 11) is 1.58. The summed E-state index contributed by atoms with van der Waals surface area (Å²) in [4.78, 5) is 14.9. The predicted octanol–water partition coefficient (Wildman–Crippen LogP) is 3.70. The summed E-state index contributed by atoms with van der Waals surface area (Å²) >= 11 is 0. The molecule has 0 bridgehead atoms. The van der Waals surface area contributed by atoms with E-state index in [0.29, 0.717) is 13.0 Å². The molecule has 1 aromatic rings. The van der Waals surface area contributed by atoms with Gasteiger partial charge >= 0.3 is 0 Å². The summed E-state index contributed by atoms with van der Waals surface area (Å²) in [6.07, 6.45) is 5.53. The van der Waals surface area contributed by atoms with Crippen LogP contribution in [0.5, 0.6) is 5.75 Å². The van der Waals surface area contributed by atoms with Crippen LogP contribution < -0.4 is 10.1 Å². The largest absolute Gasteiger partial charge is 0.492 e. The van der Waals surface area contributed by atoms with Crippen molar-refractivity contribution >= 4 is 11.6 Å². The highest BCUT2D eigenvalue weighted by Crippen LogP contribution is 2.21. The highest BCUT2D eigenvalue weighted by Gasteiger charge is 2.32. The minimum Gasteiger partial charge on any atom is -0.492 e. The molecule has 5 nitrogen and oxygen atoms in total. The molecule has 140 valence electrons. The number of amides is 1. The maximum absolute atomic E-state index is 12.4. The van der Waals surface area contributed by atoms with Crippen LogP contribution in [0, 0.1) is 0 Å². The van der Waals surface area contributed by atoms with Crippen LogP contribution in [0.2, 0.25) is 0 Å². The second-order valence-electron chi connectivity index (χ2n) is 6.91. The number of methoxy groups -OCH3 is 1. The number of piperidine rings is 1. The standard InChI is InChI=1S/C20H32N2O3/c1-4-12-20(2,24-3)19(23)21-17-8-10-18(11-9-17)25-16-15-22-13-6-5-7-14-22/h8-11H,4-7,12-16H2,1-3H3,(H,21,23)/t20-/m1/s1. The molecule has 5 heteroatoms. The number of nitrogens with zero attached hydrogens (tertiary/aromatic N) is 1. The fourth-order valence-electron chi connectivity index (χ4n) is 3.16. The molecule has 1 aliphatic rings. The summed E-state index contributed by atoms with van der Waals surface area (Å²) < 4.78 is 11.2. The molecule has 2 rings (SSSR count). The molecule has 0 radical (unpaired) electrons. The number of anilines is 1. The highest BCUT2D eigenvalue weighted by atomic mass is 16.5. The average Bonchev–Trinajstić information content (AvgIpc) is 2.64. The molecule has 0 unspecified atom stereocenters. The van der Waals surface area contributed by atoms with Crippen molar-refractivity contribution in [1.82, 2.24) is 4.90 Å². The number of ether oxygens (including phenoxy) is 2. The minimum atomic E-state index is -0.793. The minimum absolute atomic E-state index is 0.115. The second kappa shape index (κ2) is 9.78. The first kappa shape index (κ1) is 19.7. The van der Waals surface area contributed by atoms with Crippen LogP contribution >= 0.6 is 0 Å². The number of benzene rings is 1. The van der Waals surface area contributed by atoms with E-state index in [1.165, 1.54) is 32.4 Å². The number of nitrogens with one attached hydrogen (secondary N) is 1. The molecule has 0 saturated carbocycles. The van der Waals surface area contributed by atoms with E-state index < -0.39 is 5.60 Å². The fourth-order valence-corrected chi connectivity index (χ4v) is 3.16. The molecule has 0 spiro atoms. The van der Waals surface area contributed by atoms with Gasteiger partial charge in [0.2, 0.25) is 0 Å². The SMILES string of the molecule is CCC[C@@](C)(OC)C(=O)Nc1ccc(OCCN2CCCCC2)cc1. The topological polar surface area (TPSA) is 50.8 Å².